The lowest BCUT2D eigenvalue weighted by atomic mass is 10.1. The molecule has 1 aliphatic heterocycles. The summed E-state index contributed by atoms with van der Waals surface area (Å²) < 4.78 is 4.57. The van der Waals surface area contributed by atoms with Crippen LogP contribution in [0.5, 0.6) is 0 Å². The van der Waals surface area contributed by atoms with Crippen molar-refractivity contribution in [2.75, 3.05) is 7.11 Å². The van der Waals surface area contributed by atoms with Gasteiger partial charge in [0.2, 0.25) is 6.10 Å². The summed E-state index contributed by atoms with van der Waals surface area (Å²) >= 11 is 0. The molecule has 0 bridgehead atoms. The second-order valence-electron chi connectivity index (χ2n) is 3.63. The fraction of sp³-hybridized carbons (Fsp3) is 0.778. The van der Waals surface area contributed by atoms with Crippen molar-refractivity contribution in [1.82, 2.24) is 0 Å². The van der Waals surface area contributed by atoms with Crippen molar-refractivity contribution in [3.05, 3.63) is 0 Å². The molecule has 13 heavy (non-hydrogen) atoms. The van der Waals surface area contributed by atoms with Gasteiger partial charge in [-0.3, -0.25) is 0 Å². The van der Waals surface area contributed by atoms with Gasteiger partial charge in [0.05, 0.1) is 12.8 Å². The predicted molar refractivity (Wildman–Crippen MR) is 46.3 cm³/mol. The number of esters is 1. The van der Waals surface area contributed by atoms with Crippen molar-refractivity contribution >= 4 is 11.7 Å². The molecular formula is C9H13NO3. The van der Waals surface area contributed by atoms with E-state index < -0.39 is 6.10 Å². The first-order valence-corrected chi connectivity index (χ1v) is 4.59. The van der Waals surface area contributed by atoms with Crippen molar-refractivity contribution < 1.29 is 14.4 Å². The van der Waals surface area contributed by atoms with Crippen LogP contribution >= 0.6 is 0 Å². The third kappa shape index (κ3) is 1.99. The summed E-state index contributed by atoms with van der Waals surface area (Å²) in [5.41, 5.74) is 1.01. The van der Waals surface area contributed by atoms with Gasteiger partial charge in [0.1, 0.15) is 0 Å². The number of ether oxygens (including phenoxy) is 1. The molecule has 1 saturated carbocycles. The zero-order chi connectivity index (χ0) is 9.26. The van der Waals surface area contributed by atoms with Crippen LogP contribution in [0, 0.1) is 5.92 Å². The molecule has 1 heterocycles. The van der Waals surface area contributed by atoms with Crippen LogP contribution in [-0.4, -0.2) is 24.9 Å². The predicted octanol–water partition coefficient (Wildman–Crippen LogP) is 1.10. The third-order valence-corrected chi connectivity index (χ3v) is 2.42. The van der Waals surface area contributed by atoms with E-state index in [-0.39, 0.29) is 5.97 Å². The first-order chi connectivity index (χ1) is 6.29. The summed E-state index contributed by atoms with van der Waals surface area (Å²) in [6.45, 7) is 0. The number of hydrogen-bond acceptors (Lipinski definition) is 4. The molecule has 2 aliphatic rings. The molecule has 4 heteroatoms. The lowest BCUT2D eigenvalue weighted by Gasteiger charge is -2.03. The number of carbonyl (C=O) groups is 1. The standard InChI is InChI=1S/C9H13NO3/c1-12-9(11)8-5-7(10-13-8)4-6-2-3-6/h6,8H,2-5H2,1H3. The fourth-order valence-corrected chi connectivity index (χ4v) is 1.46. The van der Waals surface area contributed by atoms with Crippen molar-refractivity contribution in [2.45, 2.75) is 31.8 Å². The Bertz CT molecular complexity index is 245. The average Bonchev–Trinajstić information content (AvgIpc) is 2.81. The van der Waals surface area contributed by atoms with Crippen molar-refractivity contribution in [3.8, 4) is 0 Å². The lowest BCUT2D eigenvalue weighted by Crippen LogP contribution is -2.22. The third-order valence-electron chi connectivity index (χ3n) is 2.42. The minimum Gasteiger partial charge on any atom is -0.466 e. The van der Waals surface area contributed by atoms with E-state index in [9.17, 15) is 4.79 Å². The Kier molecular flexibility index (Phi) is 2.20. The minimum atomic E-state index is -0.487. The zero-order valence-corrected chi connectivity index (χ0v) is 7.66. The van der Waals surface area contributed by atoms with Gasteiger partial charge in [0, 0.05) is 6.42 Å². The molecule has 4 nitrogen and oxygen atoms in total. The molecule has 1 aliphatic carbocycles. The van der Waals surface area contributed by atoms with Crippen LogP contribution in [-0.2, 0) is 14.4 Å². The molecular weight excluding hydrogens is 170 g/mol. The van der Waals surface area contributed by atoms with Crippen LogP contribution in [0.1, 0.15) is 25.7 Å². The molecule has 0 saturated heterocycles. The molecule has 0 aromatic heterocycles. The first kappa shape index (κ1) is 8.53. The summed E-state index contributed by atoms with van der Waals surface area (Å²) in [4.78, 5) is 16.0. The lowest BCUT2D eigenvalue weighted by molar-refractivity contribution is -0.152. The van der Waals surface area contributed by atoms with Gasteiger partial charge >= 0.3 is 5.97 Å². The largest absolute Gasteiger partial charge is 0.466 e. The Balaban J connectivity index is 1.80. The highest BCUT2D eigenvalue weighted by molar-refractivity contribution is 5.91. The summed E-state index contributed by atoms with van der Waals surface area (Å²) in [5, 5.41) is 3.88. The highest BCUT2D eigenvalue weighted by Gasteiger charge is 2.32. The summed E-state index contributed by atoms with van der Waals surface area (Å²) in [6.07, 6.45) is 3.71. The summed E-state index contributed by atoms with van der Waals surface area (Å²) in [7, 11) is 1.37. The SMILES string of the molecule is COC(=O)C1CC(CC2CC2)=NO1. The Morgan fingerprint density at radius 1 is 1.69 bits per heavy atom. The normalized spacial score (nSPS) is 26.5. The van der Waals surface area contributed by atoms with Gasteiger partial charge in [0.15, 0.2) is 0 Å². The van der Waals surface area contributed by atoms with Gasteiger partial charge in [-0.1, -0.05) is 5.16 Å². The van der Waals surface area contributed by atoms with Gasteiger partial charge in [-0.05, 0) is 25.2 Å². The summed E-state index contributed by atoms with van der Waals surface area (Å²) in [6, 6.07) is 0. The molecule has 0 radical (unpaired) electrons. The molecule has 0 aromatic rings. The number of rotatable bonds is 3. The van der Waals surface area contributed by atoms with Crippen molar-refractivity contribution in [2.24, 2.45) is 11.1 Å². The Labute approximate surface area is 76.9 Å². The monoisotopic (exact) mass is 183 g/mol. The molecule has 1 unspecified atom stereocenters. The highest BCUT2D eigenvalue weighted by atomic mass is 16.7. The highest BCUT2D eigenvalue weighted by Crippen LogP contribution is 2.34. The van der Waals surface area contributed by atoms with E-state index in [2.05, 4.69) is 9.89 Å². The van der Waals surface area contributed by atoms with E-state index in [1.54, 1.807) is 0 Å². The Morgan fingerprint density at radius 3 is 3.08 bits per heavy atom. The maximum Gasteiger partial charge on any atom is 0.350 e. The van der Waals surface area contributed by atoms with Crippen LogP contribution in [0.15, 0.2) is 5.16 Å². The number of methoxy groups -OCH3 is 1. The quantitative estimate of drug-likeness (QED) is 0.616. The van der Waals surface area contributed by atoms with E-state index in [4.69, 9.17) is 4.84 Å². The Hall–Kier alpha value is -1.06. The second-order valence-corrected chi connectivity index (χ2v) is 3.63. The van der Waals surface area contributed by atoms with Gasteiger partial charge in [0.25, 0.3) is 0 Å². The topological polar surface area (TPSA) is 47.9 Å². The molecule has 0 amide bonds. The van der Waals surface area contributed by atoms with E-state index in [0.29, 0.717) is 6.42 Å². The minimum absolute atomic E-state index is 0.324. The smallest absolute Gasteiger partial charge is 0.350 e. The van der Waals surface area contributed by atoms with Crippen molar-refractivity contribution in [1.29, 1.82) is 0 Å². The molecule has 0 aromatic carbocycles. The number of hydrogen-bond donors (Lipinski definition) is 0. The van der Waals surface area contributed by atoms with Crippen molar-refractivity contribution in [3.63, 3.8) is 0 Å². The summed E-state index contributed by atoms with van der Waals surface area (Å²) in [5.74, 6) is 0.466. The molecule has 1 fully saturated rings. The van der Waals surface area contributed by atoms with E-state index in [1.807, 2.05) is 0 Å². The molecule has 1 atom stereocenters. The van der Waals surface area contributed by atoms with Crippen LogP contribution < -0.4 is 0 Å². The van der Waals surface area contributed by atoms with E-state index in [0.717, 1.165) is 18.1 Å². The van der Waals surface area contributed by atoms with Gasteiger partial charge in [-0.25, -0.2) is 4.79 Å². The molecule has 0 spiro atoms. The number of oxime groups is 1. The average molecular weight is 183 g/mol. The number of nitrogens with zero attached hydrogens (tertiary/aromatic N) is 1. The van der Waals surface area contributed by atoms with Crippen LogP contribution in [0.4, 0.5) is 0 Å². The molecule has 0 N–H and O–H groups in total. The number of carbonyl (C=O) groups excluding carboxylic acids is 1. The van der Waals surface area contributed by atoms with Gasteiger partial charge < -0.3 is 9.57 Å². The van der Waals surface area contributed by atoms with E-state index in [1.165, 1.54) is 20.0 Å². The van der Waals surface area contributed by atoms with Crippen LogP contribution in [0.25, 0.3) is 0 Å². The molecule has 2 rings (SSSR count). The first-order valence-electron chi connectivity index (χ1n) is 4.59. The van der Waals surface area contributed by atoms with Gasteiger partial charge in [-0.15, -0.1) is 0 Å². The molecule has 72 valence electrons. The second kappa shape index (κ2) is 3.36. The maximum absolute atomic E-state index is 11.0. The van der Waals surface area contributed by atoms with Crippen LogP contribution in [0.3, 0.4) is 0 Å². The Morgan fingerprint density at radius 2 is 2.46 bits per heavy atom. The zero-order valence-electron chi connectivity index (χ0n) is 7.66. The van der Waals surface area contributed by atoms with E-state index >= 15 is 0 Å². The maximum atomic E-state index is 11.0. The van der Waals surface area contributed by atoms with Gasteiger partial charge in [-0.2, -0.15) is 0 Å². The fourth-order valence-electron chi connectivity index (χ4n) is 1.46. The van der Waals surface area contributed by atoms with Crippen LogP contribution in [0.2, 0.25) is 0 Å².